The third-order valence-electron chi connectivity index (χ3n) is 9.89. The number of thioether (sulfide) groups is 1. The number of hydrogen-bond donors (Lipinski definition) is 1. The Morgan fingerprint density at radius 2 is 1.73 bits per heavy atom. The SMILES string of the molecule is C=CCN(C(=O)[C@H]1[C@@H]2SC3(CC2Br)C(C(=O)N(CC=C)c2cc(C)ccc2C)N(CCCCCCO)C(=O)[C@H]13)c1ccc(OCC)cc1. The molecule has 8 nitrogen and oxygen atoms in total. The first-order chi connectivity index (χ1) is 23.1. The number of aliphatic hydroxyl groups is 1. The summed E-state index contributed by atoms with van der Waals surface area (Å²) in [5.74, 6) is -0.917. The standard InChI is InChI=1S/C38H48BrN3O5S/c1-6-19-40(27-15-17-28(18-16-27)47-8-3)35(44)31-32-36(45)42(21-11-9-10-12-22-43)34(38(32)24-29(39)33(31)48-38)37(46)41(20-7-2)30-23-25(4)13-14-26(30)5/h6-7,13-18,23,29,31-34,43H,1-2,8-12,19-22,24H2,3-5H3/t29?,31-,32+,33-,34?,38?/m1/s1. The van der Waals surface area contributed by atoms with Crippen LogP contribution >= 0.6 is 27.7 Å². The van der Waals surface area contributed by atoms with E-state index in [4.69, 9.17) is 4.74 Å². The molecule has 2 bridgehead atoms. The molecule has 0 saturated carbocycles. The van der Waals surface area contributed by atoms with Crippen LogP contribution in [-0.4, -0.2) is 81.4 Å². The van der Waals surface area contributed by atoms with Crippen molar-refractivity contribution in [3.8, 4) is 5.75 Å². The molecule has 3 amide bonds. The fraction of sp³-hybridized carbons (Fsp3) is 0.500. The van der Waals surface area contributed by atoms with Crippen LogP contribution in [0.1, 0.15) is 50.2 Å². The number of benzene rings is 2. The van der Waals surface area contributed by atoms with Gasteiger partial charge in [0, 0.05) is 47.7 Å². The summed E-state index contributed by atoms with van der Waals surface area (Å²) in [6.45, 7) is 15.5. The van der Waals surface area contributed by atoms with Crippen LogP contribution in [0, 0.1) is 25.7 Å². The smallest absolute Gasteiger partial charge is 0.251 e. The van der Waals surface area contributed by atoms with Gasteiger partial charge >= 0.3 is 0 Å². The molecular weight excluding hydrogens is 690 g/mol. The number of alkyl halides is 1. The summed E-state index contributed by atoms with van der Waals surface area (Å²) in [5.41, 5.74) is 3.52. The van der Waals surface area contributed by atoms with E-state index in [0.717, 1.165) is 35.4 Å². The Labute approximate surface area is 297 Å². The van der Waals surface area contributed by atoms with E-state index in [9.17, 15) is 14.7 Å². The number of nitrogens with zero attached hydrogens (tertiary/aromatic N) is 3. The van der Waals surface area contributed by atoms with Gasteiger partial charge in [0.15, 0.2) is 0 Å². The Kier molecular flexibility index (Phi) is 11.8. The molecule has 1 N–H and O–H groups in total. The van der Waals surface area contributed by atoms with Crippen LogP contribution in [0.4, 0.5) is 11.4 Å². The van der Waals surface area contributed by atoms with Gasteiger partial charge in [0.05, 0.1) is 23.2 Å². The minimum atomic E-state index is -0.770. The molecule has 3 aliphatic rings. The van der Waals surface area contributed by atoms with Gasteiger partial charge in [-0.2, -0.15) is 0 Å². The topological polar surface area (TPSA) is 90.4 Å². The molecule has 3 unspecified atom stereocenters. The highest BCUT2D eigenvalue weighted by Gasteiger charge is 2.76. The van der Waals surface area contributed by atoms with Crippen molar-refractivity contribution in [2.45, 2.75) is 73.7 Å². The van der Waals surface area contributed by atoms with E-state index in [2.05, 4.69) is 29.1 Å². The van der Waals surface area contributed by atoms with Gasteiger partial charge in [-0.25, -0.2) is 0 Å². The number of ether oxygens (including phenoxy) is 1. The Morgan fingerprint density at radius 1 is 1.04 bits per heavy atom. The van der Waals surface area contributed by atoms with Crippen LogP contribution in [0.3, 0.4) is 0 Å². The second-order valence-corrected chi connectivity index (χ2v) is 15.7. The van der Waals surface area contributed by atoms with Gasteiger partial charge in [-0.3, -0.25) is 14.4 Å². The fourth-order valence-electron chi connectivity index (χ4n) is 7.79. The normalized spacial score (nSPS) is 25.6. The highest BCUT2D eigenvalue weighted by atomic mass is 79.9. The number of fused-ring (bicyclic) bond motifs is 1. The Morgan fingerprint density at radius 3 is 2.40 bits per heavy atom. The number of aryl methyl sites for hydroxylation is 2. The maximum Gasteiger partial charge on any atom is 0.251 e. The number of carbonyl (C=O) groups excluding carboxylic acids is 3. The lowest BCUT2D eigenvalue weighted by Gasteiger charge is -2.38. The zero-order chi connectivity index (χ0) is 34.6. The summed E-state index contributed by atoms with van der Waals surface area (Å²) in [6.07, 6.45) is 7.13. The maximum absolute atomic E-state index is 15.0. The zero-order valence-electron chi connectivity index (χ0n) is 28.3. The predicted molar refractivity (Wildman–Crippen MR) is 198 cm³/mol. The summed E-state index contributed by atoms with van der Waals surface area (Å²) >= 11 is 5.57. The third-order valence-corrected chi connectivity index (χ3v) is 13.1. The summed E-state index contributed by atoms with van der Waals surface area (Å²) < 4.78 is 4.86. The van der Waals surface area contributed by atoms with Crippen LogP contribution in [0.5, 0.6) is 5.75 Å². The molecule has 0 aromatic heterocycles. The average molecular weight is 739 g/mol. The van der Waals surface area contributed by atoms with Gasteiger partial charge in [-0.05, 0) is 81.5 Å². The van der Waals surface area contributed by atoms with Crippen molar-refractivity contribution in [3.63, 3.8) is 0 Å². The zero-order valence-corrected chi connectivity index (χ0v) is 30.7. The second-order valence-electron chi connectivity index (χ2n) is 13.0. The van der Waals surface area contributed by atoms with E-state index >= 15 is 4.79 Å². The van der Waals surface area contributed by atoms with E-state index in [1.807, 2.05) is 63.2 Å². The molecule has 5 rings (SSSR count). The van der Waals surface area contributed by atoms with Gasteiger partial charge in [0.25, 0.3) is 5.91 Å². The van der Waals surface area contributed by atoms with Crippen molar-refractivity contribution in [2.75, 3.05) is 42.6 Å². The highest BCUT2D eigenvalue weighted by molar-refractivity contribution is 9.09. The van der Waals surface area contributed by atoms with Gasteiger partial charge < -0.3 is 24.5 Å². The molecule has 6 atom stereocenters. The van der Waals surface area contributed by atoms with Crippen molar-refractivity contribution in [2.24, 2.45) is 11.8 Å². The average Bonchev–Trinajstić information content (AvgIpc) is 3.66. The molecule has 3 fully saturated rings. The lowest BCUT2D eigenvalue weighted by molar-refractivity contribution is -0.139. The molecule has 48 heavy (non-hydrogen) atoms. The number of hydrogen-bond acceptors (Lipinski definition) is 6. The van der Waals surface area contributed by atoms with Crippen LogP contribution in [0.25, 0.3) is 0 Å². The van der Waals surface area contributed by atoms with E-state index in [1.54, 1.807) is 38.6 Å². The van der Waals surface area contributed by atoms with Crippen molar-refractivity contribution < 1.29 is 24.2 Å². The number of anilines is 2. The van der Waals surface area contributed by atoms with Crippen LogP contribution in [-0.2, 0) is 14.4 Å². The lowest BCUT2D eigenvalue weighted by Crippen LogP contribution is -2.56. The monoisotopic (exact) mass is 737 g/mol. The number of rotatable bonds is 16. The number of likely N-dealkylation sites (tertiary alicyclic amines) is 1. The fourth-order valence-corrected chi connectivity index (χ4v) is 11.4. The summed E-state index contributed by atoms with van der Waals surface area (Å²) in [4.78, 5) is 49.8. The molecule has 2 aromatic rings. The Bertz CT molecular complexity index is 1520. The molecular formula is C38H48BrN3O5S. The van der Waals surface area contributed by atoms with Crippen molar-refractivity contribution in [1.29, 1.82) is 0 Å². The molecule has 258 valence electrons. The number of carbonyl (C=O) groups is 3. The Hall–Kier alpha value is -3.08. The third kappa shape index (κ3) is 6.72. The van der Waals surface area contributed by atoms with E-state index < -0.39 is 22.6 Å². The maximum atomic E-state index is 15.0. The molecule has 3 heterocycles. The van der Waals surface area contributed by atoms with E-state index in [1.165, 1.54) is 0 Å². The molecule has 0 radical (unpaired) electrons. The first kappa shape index (κ1) is 36.2. The number of unbranched alkanes of at least 4 members (excludes halogenated alkanes) is 3. The molecule has 3 aliphatic heterocycles. The molecule has 1 spiro atoms. The minimum absolute atomic E-state index is 0.0419. The molecule has 2 aromatic carbocycles. The molecule has 10 heteroatoms. The molecule has 0 aliphatic carbocycles. The summed E-state index contributed by atoms with van der Waals surface area (Å²) in [7, 11) is 0. The van der Waals surface area contributed by atoms with Gasteiger partial charge in [0.2, 0.25) is 11.8 Å². The number of aliphatic hydroxyl groups excluding tert-OH is 1. The Balaban J connectivity index is 1.55. The number of halogens is 1. The summed E-state index contributed by atoms with van der Waals surface area (Å²) in [6, 6.07) is 12.8. The predicted octanol–water partition coefficient (Wildman–Crippen LogP) is 6.46. The largest absolute Gasteiger partial charge is 0.494 e. The van der Waals surface area contributed by atoms with Crippen molar-refractivity contribution in [3.05, 3.63) is 78.9 Å². The first-order valence-electron chi connectivity index (χ1n) is 17.0. The van der Waals surface area contributed by atoms with Crippen LogP contribution in [0.15, 0.2) is 67.8 Å². The highest BCUT2D eigenvalue weighted by Crippen LogP contribution is 2.68. The van der Waals surface area contributed by atoms with Crippen molar-refractivity contribution in [1.82, 2.24) is 4.90 Å². The molecule has 3 saturated heterocycles. The van der Waals surface area contributed by atoms with Crippen LogP contribution in [0.2, 0.25) is 0 Å². The van der Waals surface area contributed by atoms with E-state index in [0.29, 0.717) is 44.6 Å². The van der Waals surface area contributed by atoms with Crippen LogP contribution < -0.4 is 14.5 Å². The number of amides is 3. The van der Waals surface area contributed by atoms with Gasteiger partial charge in [-0.15, -0.1) is 24.9 Å². The summed E-state index contributed by atoms with van der Waals surface area (Å²) in [5, 5.41) is 9.14. The van der Waals surface area contributed by atoms with Gasteiger partial charge in [-0.1, -0.05) is 53.1 Å². The van der Waals surface area contributed by atoms with E-state index in [-0.39, 0.29) is 41.0 Å². The van der Waals surface area contributed by atoms with Gasteiger partial charge in [0.1, 0.15) is 11.8 Å². The minimum Gasteiger partial charge on any atom is -0.494 e. The van der Waals surface area contributed by atoms with Crippen molar-refractivity contribution >= 4 is 56.8 Å². The quantitative estimate of drug-likeness (QED) is 0.121. The second kappa shape index (κ2) is 15.6. The first-order valence-corrected chi connectivity index (χ1v) is 18.8. The lowest BCUT2D eigenvalue weighted by atomic mass is 9.70.